The lowest BCUT2D eigenvalue weighted by atomic mass is 10.2. The average Bonchev–Trinajstić information content (AvgIpc) is 1.72. The van der Waals surface area contributed by atoms with Crippen molar-refractivity contribution >= 4 is 15.7 Å². The highest BCUT2D eigenvalue weighted by Gasteiger charge is 2.12. The van der Waals surface area contributed by atoms with Gasteiger partial charge in [-0.2, -0.15) is 0 Å². The van der Waals surface area contributed by atoms with Gasteiger partial charge < -0.3 is 14.0 Å². The maximum Gasteiger partial charge on any atom is 0.638 e. The van der Waals surface area contributed by atoms with Crippen LogP contribution in [0.4, 0.5) is 0 Å². The van der Waals surface area contributed by atoms with Crippen molar-refractivity contribution in [3.8, 4) is 0 Å². The van der Waals surface area contributed by atoms with Gasteiger partial charge in [-0.05, 0) is 0 Å². The first-order chi connectivity index (χ1) is 3.35. The summed E-state index contributed by atoms with van der Waals surface area (Å²) in [6.45, 7) is 0. The second-order valence-corrected chi connectivity index (χ2v) is 0.996. The molecule has 0 unspecified atom stereocenters. The van der Waals surface area contributed by atoms with Crippen LogP contribution < -0.4 is 0 Å². The van der Waals surface area contributed by atoms with Crippen molar-refractivity contribution in [2.24, 2.45) is 0 Å². The van der Waals surface area contributed by atoms with Crippen LogP contribution in [0.3, 0.4) is 0 Å². The Morgan fingerprint density at radius 2 is 1.12 bits per heavy atom. The second kappa shape index (κ2) is 7.01. The molecule has 0 fully saturated rings. The highest BCUT2D eigenvalue weighted by atomic mass is 16.7. The largest absolute Gasteiger partial charge is 0.638 e. The van der Waals surface area contributed by atoms with Crippen LogP contribution in [-0.4, -0.2) is 37.1 Å². The van der Waals surface area contributed by atoms with E-state index in [9.17, 15) is 0 Å². The molecule has 5 heteroatoms. The number of hydrogen-bond donors (Lipinski definition) is 0. The van der Waals surface area contributed by atoms with E-state index in [0.717, 1.165) is 0 Å². The van der Waals surface area contributed by atoms with E-state index in [1.165, 1.54) is 21.3 Å². The lowest BCUT2D eigenvalue weighted by Gasteiger charge is -2.01. The van der Waals surface area contributed by atoms with Gasteiger partial charge in [-0.25, -0.2) is 0 Å². The van der Waals surface area contributed by atoms with Gasteiger partial charge in [0.05, 0.1) is 0 Å². The predicted molar refractivity (Wildman–Crippen MR) is 32.5 cm³/mol. The Balaban J connectivity index is 0. The van der Waals surface area contributed by atoms with E-state index >= 15 is 0 Å². The first kappa shape index (κ1) is 10.9. The molecule has 3 radical (unpaired) electrons. The van der Waals surface area contributed by atoms with Gasteiger partial charge in [-0.1, -0.05) is 0 Å². The molecule has 0 heterocycles. The Hall–Kier alpha value is 0.00987. The molecule has 0 aliphatic heterocycles. The molecule has 8 heavy (non-hydrogen) atoms. The van der Waals surface area contributed by atoms with E-state index in [0.29, 0.717) is 0 Å². The van der Waals surface area contributed by atoms with Crippen LogP contribution in [0, 0.1) is 0 Å². The minimum absolute atomic E-state index is 0. The highest BCUT2D eigenvalue weighted by Crippen LogP contribution is 1.81. The molecular weight excluding hydrogens is 106 g/mol. The fourth-order valence-electron chi connectivity index (χ4n) is 0.289. The monoisotopic (exact) mass is 115 g/mol. The fraction of sp³-hybridized carbons (Fsp3) is 1.00. The first-order valence-corrected chi connectivity index (χ1v) is 1.93. The predicted octanol–water partition coefficient (Wildman–Crippen LogP) is -0.470. The van der Waals surface area contributed by atoms with E-state index in [1.54, 1.807) is 0 Å². The summed E-state index contributed by atoms with van der Waals surface area (Å²) in [7, 11) is 4.02. The minimum atomic E-state index is -0.514. The fourth-order valence-corrected chi connectivity index (χ4v) is 0.289. The zero-order chi connectivity index (χ0) is 5.70. The SMILES string of the molecule is COB(OC)OC.[B]. The first-order valence-electron chi connectivity index (χ1n) is 1.93. The molecule has 0 aliphatic carbocycles. The summed E-state index contributed by atoms with van der Waals surface area (Å²) in [4.78, 5) is 0. The molecule has 0 spiro atoms. The third-order valence-corrected chi connectivity index (χ3v) is 0.577. The Labute approximate surface area is 52.1 Å². The molecule has 0 aliphatic rings. The maximum atomic E-state index is 4.60. The van der Waals surface area contributed by atoms with Crippen LogP contribution in [0.5, 0.6) is 0 Å². The zero-order valence-corrected chi connectivity index (χ0v) is 5.38. The topological polar surface area (TPSA) is 27.7 Å². The third kappa shape index (κ3) is 4.18. The van der Waals surface area contributed by atoms with Gasteiger partial charge in [-0.3, -0.25) is 0 Å². The molecule has 0 bridgehead atoms. The van der Waals surface area contributed by atoms with Crippen LogP contribution in [-0.2, 0) is 14.0 Å². The normalized spacial score (nSPS) is 7.88. The van der Waals surface area contributed by atoms with Gasteiger partial charge in [-0.15, -0.1) is 0 Å². The molecular formula is C3H9B2O3. The summed E-state index contributed by atoms with van der Waals surface area (Å²) < 4.78 is 13.8. The third-order valence-electron chi connectivity index (χ3n) is 0.577. The molecule has 0 amide bonds. The molecule has 0 N–H and O–H groups in total. The molecule has 3 nitrogen and oxygen atoms in total. The smallest absolute Gasteiger partial charge is 0.389 e. The van der Waals surface area contributed by atoms with Crippen LogP contribution in [0.1, 0.15) is 0 Å². The molecule has 0 saturated carbocycles. The van der Waals surface area contributed by atoms with Crippen LogP contribution in [0.15, 0.2) is 0 Å². The van der Waals surface area contributed by atoms with Crippen molar-refractivity contribution in [2.75, 3.05) is 21.3 Å². The van der Waals surface area contributed by atoms with Gasteiger partial charge >= 0.3 is 7.32 Å². The summed E-state index contributed by atoms with van der Waals surface area (Å²) in [5.41, 5.74) is 0. The van der Waals surface area contributed by atoms with Crippen LogP contribution >= 0.6 is 0 Å². The molecule has 0 aromatic heterocycles. The summed E-state index contributed by atoms with van der Waals surface area (Å²) in [6, 6.07) is 0. The van der Waals surface area contributed by atoms with Crippen molar-refractivity contribution in [2.45, 2.75) is 0 Å². The number of rotatable bonds is 3. The molecule has 0 rings (SSSR count). The maximum absolute atomic E-state index is 4.60. The second-order valence-electron chi connectivity index (χ2n) is 0.996. The van der Waals surface area contributed by atoms with Crippen molar-refractivity contribution < 1.29 is 14.0 Å². The molecule has 0 saturated heterocycles. The quantitative estimate of drug-likeness (QED) is 0.465. The molecule has 45 valence electrons. The average molecular weight is 115 g/mol. The summed E-state index contributed by atoms with van der Waals surface area (Å²) >= 11 is 0. The van der Waals surface area contributed by atoms with Gasteiger partial charge in [0.15, 0.2) is 0 Å². The standard InChI is InChI=1S/C3H9BO3.B/c1-5-4(6-2)7-3;/h1-3H3;. The van der Waals surface area contributed by atoms with E-state index in [4.69, 9.17) is 0 Å². The van der Waals surface area contributed by atoms with Crippen LogP contribution in [0.2, 0.25) is 0 Å². The van der Waals surface area contributed by atoms with Gasteiger partial charge in [0.25, 0.3) is 0 Å². The summed E-state index contributed by atoms with van der Waals surface area (Å²) in [5.74, 6) is 0. The molecule has 0 atom stereocenters. The van der Waals surface area contributed by atoms with Crippen LogP contribution in [0.25, 0.3) is 0 Å². The lowest BCUT2D eigenvalue weighted by molar-refractivity contribution is 0.163. The Morgan fingerprint density at radius 1 is 0.875 bits per heavy atom. The van der Waals surface area contributed by atoms with Crippen molar-refractivity contribution in [1.29, 1.82) is 0 Å². The van der Waals surface area contributed by atoms with Crippen molar-refractivity contribution in [1.82, 2.24) is 0 Å². The summed E-state index contributed by atoms with van der Waals surface area (Å²) in [6.07, 6.45) is 0. The highest BCUT2D eigenvalue weighted by molar-refractivity contribution is 6.36. The Bertz CT molecular complexity index is 34.0. The van der Waals surface area contributed by atoms with E-state index in [-0.39, 0.29) is 8.41 Å². The summed E-state index contributed by atoms with van der Waals surface area (Å²) in [5, 5.41) is 0. The molecule has 0 aromatic rings. The van der Waals surface area contributed by atoms with E-state index in [1.807, 2.05) is 0 Å². The minimum Gasteiger partial charge on any atom is -0.389 e. The van der Waals surface area contributed by atoms with E-state index in [2.05, 4.69) is 14.0 Å². The van der Waals surface area contributed by atoms with Crippen molar-refractivity contribution in [3.05, 3.63) is 0 Å². The Morgan fingerprint density at radius 3 is 1.12 bits per heavy atom. The van der Waals surface area contributed by atoms with Gasteiger partial charge in [0.1, 0.15) is 0 Å². The van der Waals surface area contributed by atoms with E-state index < -0.39 is 7.32 Å². The van der Waals surface area contributed by atoms with Gasteiger partial charge in [0.2, 0.25) is 0 Å². The number of hydrogen-bond acceptors (Lipinski definition) is 3. The lowest BCUT2D eigenvalue weighted by Crippen LogP contribution is -2.21. The molecule has 0 aromatic carbocycles. The zero-order valence-electron chi connectivity index (χ0n) is 5.38. The van der Waals surface area contributed by atoms with Crippen molar-refractivity contribution in [3.63, 3.8) is 0 Å². The Kier molecular flexibility index (Phi) is 9.55. The van der Waals surface area contributed by atoms with Gasteiger partial charge in [0, 0.05) is 29.7 Å².